The predicted molar refractivity (Wildman–Crippen MR) is 82.0 cm³/mol. The van der Waals surface area contributed by atoms with Crippen molar-refractivity contribution in [1.82, 2.24) is 4.90 Å². The van der Waals surface area contributed by atoms with Gasteiger partial charge < -0.3 is 10.0 Å². The van der Waals surface area contributed by atoms with Crippen molar-refractivity contribution in [3.8, 4) is 0 Å². The quantitative estimate of drug-likeness (QED) is 0.856. The number of amides is 1. The highest BCUT2D eigenvalue weighted by atomic mass is 79.9. The Morgan fingerprint density at radius 3 is 3.11 bits per heavy atom. The first kappa shape index (κ1) is 14.8. The minimum Gasteiger partial charge on any atom is -0.394 e. The zero-order chi connectivity index (χ0) is 13.8. The summed E-state index contributed by atoms with van der Waals surface area (Å²) in [6.07, 6.45) is 5.54. The second-order valence-electron chi connectivity index (χ2n) is 4.90. The summed E-state index contributed by atoms with van der Waals surface area (Å²) in [4.78, 5) is 15.1. The van der Waals surface area contributed by atoms with E-state index < -0.39 is 0 Å². The Hall–Kier alpha value is -0.650. The van der Waals surface area contributed by atoms with Gasteiger partial charge in [-0.15, -0.1) is 11.3 Å². The Morgan fingerprint density at radius 1 is 1.68 bits per heavy atom. The summed E-state index contributed by atoms with van der Waals surface area (Å²) in [6, 6.07) is 1.94. The molecule has 2 heterocycles. The molecule has 1 N–H and O–H groups in total. The number of piperidine rings is 1. The SMILES string of the molecule is CC1CCCN(C(=O)/C=C/c2cc(Br)cs2)C1CO. The van der Waals surface area contributed by atoms with Crippen LogP contribution in [0, 0.1) is 5.92 Å². The van der Waals surface area contributed by atoms with Gasteiger partial charge in [0.2, 0.25) is 5.91 Å². The van der Waals surface area contributed by atoms with Gasteiger partial charge in [-0.2, -0.15) is 0 Å². The molecule has 104 valence electrons. The van der Waals surface area contributed by atoms with Gasteiger partial charge in [0.15, 0.2) is 0 Å². The van der Waals surface area contributed by atoms with Crippen molar-refractivity contribution in [3.05, 3.63) is 26.9 Å². The van der Waals surface area contributed by atoms with Crippen LogP contribution in [0.15, 0.2) is 22.0 Å². The van der Waals surface area contributed by atoms with Gasteiger partial charge in [0.1, 0.15) is 0 Å². The number of carbonyl (C=O) groups is 1. The van der Waals surface area contributed by atoms with Gasteiger partial charge in [-0.1, -0.05) is 6.92 Å². The Kier molecular flexibility index (Phi) is 5.19. The number of rotatable bonds is 3. The summed E-state index contributed by atoms with van der Waals surface area (Å²) in [5.74, 6) is 0.363. The molecule has 5 heteroatoms. The molecule has 2 unspecified atom stereocenters. The Labute approximate surface area is 126 Å². The fraction of sp³-hybridized carbons (Fsp3) is 0.500. The van der Waals surface area contributed by atoms with E-state index in [4.69, 9.17) is 0 Å². The van der Waals surface area contributed by atoms with Gasteiger partial charge in [-0.3, -0.25) is 4.79 Å². The van der Waals surface area contributed by atoms with Crippen LogP contribution in [0.4, 0.5) is 0 Å². The molecule has 1 amide bonds. The molecular formula is C14H18BrNO2S. The number of likely N-dealkylation sites (tertiary alicyclic amines) is 1. The molecule has 1 aromatic rings. The molecular weight excluding hydrogens is 326 g/mol. The van der Waals surface area contributed by atoms with Crippen LogP contribution >= 0.6 is 27.3 Å². The highest BCUT2D eigenvalue weighted by molar-refractivity contribution is 9.10. The van der Waals surface area contributed by atoms with Gasteiger partial charge in [0, 0.05) is 27.4 Å². The van der Waals surface area contributed by atoms with Crippen LogP contribution in [0.1, 0.15) is 24.6 Å². The molecule has 0 aromatic carbocycles. The minimum absolute atomic E-state index is 0.00452. The molecule has 1 aliphatic rings. The minimum atomic E-state index is -0.0408. The lowest BCUT2D eigenvalue weighted by Gasteiger charge is -2.38. The van der Waals surface area contributed by atoms with Gasteiger partial charge in [0.05, 0.1) is 12.6 Å². The molecule has 2 rings (SSSR count). The molecule has 1 fully saturated rings. The first-order valence-corrected chi connectivity index (χ1v) is 8.12. The molecule has 0 bridgehead atoms. The van der Waals surface area contributed by atoms with E-state index in [-0.39, 0.29) is 18.6 Å². The van der Waals surface area contributed by atoms with E-state index in [1.807, 2.05) is 17.5 Å². The third-order valence-corrected chi connectivity index (χ3v) is 5.22. The lowest BCUT2D eigenvalue weighted by Crippen LogP contribution is -2.49. The molecule has 19 heavy (non-hydrogen) atoms. The lowest BCUT2D eigenvalue weighted by molar-refractivity contribution is -0.132. The molecule has 1 aliphatic heterocycles. The maximum absolute atomic E-state index is 12.2. The van der Waals surface area contributed by atoms with Crippen LogP contribution in [-0.2, 0) is 4.79 Å². The van der Waals surface area contributed by atoms with Gasteiger partial charge >= 0.3 is 0 Å². The van der Waals surface area contributed by atoms with Crippen LogP contribution < -0.4 is 0 Å². The van der Waals surface area contributed by atoms with Crippen molar-refractivity contribution in [3.63, 3.8) is 0 Å². The number of halogens is 1. The van der Waals surface area contributed by atoms with Gasteiger partial charge in [-0.05, 0) is 46.8 Å². The van der Waals surface area contributed by atoms with Crippen LogP contribution in [0.2, 0.25) is 0 Å². The second-order valence-corrected chi connectivity index (χ2v) is 6.76. The maximum atomic E-state index is 12.2. The Morgan fingerprint density at radius 2 is 2.47 bits per heavy atom. The van der Waals surface area contributed by atoms with E-state index in [0.29, 0.717) is 5.92 Å². The van der Waals surface area contributed by atoms with E-state index in [1.54, 1.807) is 22.3 Å². The summed E-state index contributed by atoms with van der Waals surface area (Å²) in [6.45, 7) is 2.89. The summed E-state index contributed by atoms with van der Waals surface area (Å²) in [7, 11) is 0. The van der Waals surface area contributed by atoms with E-state index in [1.165, 1.54) is 0 Å². The zero-order valence-corrected chi connectivity index (χ0v) is 13.3. The third-order valence-electron chi connectivity index (χ3n) is 3.56. The lowest BCUT2D eigenvalue weighted by atomic mass is 9.91. The van der Waals surface area contributed by atoms with Crippen molar-refractivity contribution < 1.29 is 9.90 Å². The van der Waals surface area contributed by atoms with Crippen LogP contribution in [0.3, 0.4) is 0 Å². The largest absolute Gasteiger partial charge is 0.394 e. The zero-order valence-electron chi connectivity index (χ0n) is 10.9. The average Bonchev–Trinajstić information content (AvgIpc) is 2.81. The molecule has 1 aromatic heterocycles. The topological polar surface area (TPSA) is 40.5 Å². The maximum Gasteiger partial charge on any atom is 0.246 e. The highest BCUT2D eigenvalue weighted by Crippen LogP contribution is 2.24. The number of nitrogens with zero attached hydrogens (tertiary/aromatic N) is 1. The van der Waals surface area contributed by atoms with Gasteiger partial charge in [0.25, 0.3) is 0 Å². The van der Waals surface area contributed by atoms with Crippen molar-refractivity contribution >= 4 is 39.2 Å². The number of aliphatic hydroxyl groups excluding tert-OH is 1. The molecule has 0 aliphatic carbocycles. The van der Waals surface area contributed by atoms with Crippen LogP contribution in [0.5, 0.6) is 0 Å². The van der Waals surface area contributed by atoms with Crippen molar-refractivity contribution in [2.45, 2.75) is 25.8 Å². The monoisotopic (exact) mass is 343 g/mol. The Balaban J connectivity index is 2.04. The van der Waals surface area contributed by atoms with Crippen molar-refractivity contribution in [1.29, 1.82) is 0 Å². The number of thiophene rings is 1. The molecule has 0 radical (unpaired) electrons. The van der Waals surface area contributed by atoms with E-state index in [9.17, 15) is 9.90 Å². The fourth-order valence-electron chi connectivity index (χ4n) is 2.47. The molecule has 2 atom stereocenters. The number of aliphatic hydroxyl groups is 1. The van der Waals surface area contributed by atoms with Gasteiger partial charge in [-0.25, -0.2) is 0 Å². The first-order valence-electron chi connectivity index (χ1n) is 6.45. The second kappa shape index (κ2) is 6.68. The van der Waals surface area contributed by atoms with Crippen LogP contribution in [-0.4, -0.2) is 35.1 Å². The summed E-state index contributed by atoms with van der Waals surface area (Å²) in [5.41, 5.74) is 0. The highest BCUT2D eigenvalue weighted by Gasteiger charge is 2.30. The first-order chi connectivity index (χ1) is 9.11. The fourth-order valence-corrected chi connectivity index (χ4v) is 3.80. The third kappa shape index (κ3) is 3.68. The van der Waals surface area contributed by atoms with E-state index in [0.717, 1.165) is 28.7 Å². The number of hydrogen-bond donors (Lipinski definition) is 1. The van der Waals surface area contributed by atoms with E-state index >= 15 is 0 Å². The van der Waals surface area contributed by atoms with E-state index in [2.05, 4.69) is 22.9 Å². The number of carbonyl (C=O) groups excluding carboxylic acids is 1. The summed E-state index contributed by atoms with van der Waals surface area (Å²) >= 11 is 4.98. The van der Waals surface area contributed by atoms with Crippen molar-refractivity contribution in [2.24, 2.45) is 5.92 Å². The standard InChI is InChI=1S/C14H18BrNO2S/c1-10-3-2-6-16(13(10)8-17)14(18)5-4-12-7-11(15)9-19-12/h4-5,7,9-10,13,17H,2-3,6,8H2,1H3/b5-4+. The molecule has 3 nitrogen and oxygen atoms in total. The average molecular weight is 344 g/mol. The van der Waals surface area contributed by atoms with Crippen LogP contribution in [0.25, 0.3) is 6.08 Å². The Bertz CT molecular complexity index is 472. The predicted octanol–water partition coefficient (Wildman–Crippen LogP) is 3.14. The normalized spacial score (nSPS) is 24.1. The molecule has 0 spiro atoms. The number of hydrogen-bond acceptors (Lipinski definition) is 3. The summed E-state index contributed by atoms with van der Waals surface area (Å²) in [5, 5.41) is 11.4. The summed E-state index contributed by atoms with van der Waals surface area (Å²) < 4.78 is 1.03. The smallest absolute Gasteiger partial charge is 0.246 e. The molecule has 1 saturated heterocycles. The molecule has 0 saturated carbocycles. The van der Waals surface area contributed by atoms with Crippen molar-refractivity contribution in [2.75, 3.05) is 13.2 Å².